The lowest BCUT2D eigenvalue weighted by molar-refractivity contribution is 1.17. The van der Waals surface area contributed by atoms with Gasteiger partial charge in [-0.15, -0.1) is 0 Å². The van der Waals surface area contributed by atoms with Crippen LogP contribution in [-0.2, 0) is 0 Å². The Balaban J connectivity index is 1.86. The van der Waals surface area contributed by atoms with Gasteiger partial charge in [0.05, 0.1) is 5.69 Å². The molecule has 0 bridgehead atoms. The highest BCUT2D eigenvalue weighted by Gasteiger charge is 2.01. The molecule has 0 spiro atoms. The van der Waals surface area contributed by atoms with Crippen LogP contribution in [0.15, 0.2) is 67.0 Å². The molecule has 3 rings (SSSR count). The average molecular weight is 261 g/mol. The monoisotopic (exact) mass is 261 g/mol. The van der Waals surface area contributed by atoms with E-state index in [0.29, 0.717) is 0 Å². The Morgan fingerprint density at radius 2 is 1.60 bits per heavy atom. The van der Waals surface area contributed by atoms with Crippen molar-refractivity contribution in [2.75, 3.05) is 5.32 Å². The van der Waals surface area contributed by atoms with Crippen molar-refractivity contribution in [3.05, 3.63) is 72.6 Å². The van der Waals surface area contributed by atoms with Gasteiger partial charge in [0.25, 0.3) is 0 Å². The van der Waals surface area contributed by atoms with Crippen LogP contribution in [0.2, 0.25) is 0 Å². The predicted octanol–water partition coefficient (Wildman–Crippen LogP) is 4.20. The summed E-state index contributed by atoms with van der Waals surface area (Å²) < 4.78 is 0. The lowest BCUT2D eigenvalue weighted by atomic mass is 10.1. The molecule has 0 amide bonds. The number of nitrogens with one attached hydrogen (secondary N) is 1. The second-order valence-corrected chi connectivity index (χ2v) is 4.65. The fraction of sp³-hybridized carbons (Fsp3) is 0.0588. The van der Waals surface area contributed by atoms with Crippen LogP contribution in [0.4, 0.5) is 11.5 Å². The molecule has 0 aliphatic heterocycles. The minimum atomic E-state index is 0.794. The number of aryl methyl sites for hydroxylation is 1. The first kappa shape index (κ1) is 12.4. The Morgan fingerprint density at radius 1 is 0.850 bits per heavy atom. The molecular weight excluding hydrogens is 246 g/mol. The second kappa shape index (κ2) is 5.53. The summed E-state index contributed by atoms with van der Waals surface area (Å²) in [7, 11) is 0. The largest absolute Gasteiger partial charge is 0.340 e. The van der Waals surface area contributed by atoms with Gasteiger partial charge in [-0.25, -0.2) is 9.97 Å². The zero-order valence-corrected chi connectivity index (χ0v) is 11.2. The van der Waals surface area contributed by atoms with Crippen LogP contribution in [0.5, 0.6) is 0 Å². The lowest BCUT2D eigenvalue weighted by Gasteiger charge is -2.07. The Hall–Kier alpha value is -2.68. The third kappa shape index (κ3) is 2.83. The van der Waals surface area contributed by atoms with Crippen LogP contribution >= 0.6 is 0 Å². The summed E-state index contributed by atoms with van der Waals surface area (Å²) in [5, 5.41) is 3.29. The number of hydrogen-bond acceptors (Lipinski definition) is 3. The van der Waals surface area contributed by atoms with E-state index in [1.54, 1.807) is 6.33 Å². The van der Waals surface area contributed by atoms with Crippen LogP contribution < -0.4 is 5.32 Å². The zero-order valence-electron chi connectivity index (χ0n) is 11.2. The van der Waals surface area contributed by atoms with E-state index in [4.69, 9.17) is 0 Å². The van der Waals surface area contributed by atoms with E-state index in [9.17, 15) is 0 Å². The summed E-state index contributed by atoms with van der Waals surface area (Å²) >= 11 is 0. The highest BCUT2D eigenvalue weighted by molar-refractivity contribution is 5.65. The molecule has 0 atom stereocenters. The van der Waals surface area contributed by atoms with Gasteiger partial charge in [-0.2, -0.15) is 0 Å². The highest BCUT2D eigenvalue weighted by Crippen LogP contribution is 2.20. The Bertz CT molecular complexity index is 691. The van der Waals surface area contributed by atoms with E-state index in [1.807, 2.05) is 48.5 Å². The van der Waals surface area contributed by atoms with Gasteiger partial charge in [-0.1, -0.05) is 48.0 Å². The molecule has 0 aliphatic carbocycles. The molecule has 0 unspecified atom stereocenters. The van der Waals surface area contributed by atoms with Crippen molar-refractivity contribution in [2.45, 2.75) is 6.92 Å². The molecule has 1 N–H and O–H groups in total. The van der Waals surface area contributed by atoms with Crippen molar-refractivity contribution in [1.82, 2.24) is 9.97 Å². The van der Waals surface area contributed by atoms with Gasteiger partial charge >= 0.3 is 0 Å². The molecular formula is C17H15N3. The van der Waals surface area contributed by atoms with Crippen LogP contribution in [0.1, 0.15) is 5.56 Å². The van der Waals surface area contributed by atoms with E-state index in [-0.39, 0.29) is 0 Å². The van der Waals surface area contributed by atoms with Crippen LogP contribution in [0, 0.1) is 6.92 Å². The maximum absolute atomic E-state index is 4.31. The Labute approximate surface area is 118 Å². The van der Waals surface area contributed by atoms with Crippen LogP contribution in [0.25, 0.3) is 11.3 Å². The maximum Gasteiger partial charge on any atom is 0.134 e. The summed E-state index contributed by atoms with van der Waals surface area (Å²) in [6.45, 7) is 2.07. The molecule has 20 heavy (non-hydrogen) atoms. The summed E-state index contributed by atoms with van der Waals surface area (Å²) in [5.74, 6) is 0.794. The fourth-order valence-corrected chi connectivity index (χ4v) is 1.98. The van der Waals surface area contributed by atoms with E-state index < -0.39 is 0 Å². The van der Waals surface area contributed by atoms with Crippen molar-refractivity contribution < 1.29 is 0 Å². The van der Waals surface area contributed by atoms with Crippen LogP contribution in [0.3, 0.4) is 0 Å². The molecule has 3 nitrogen and oxygen atoms in total. The number of anilines is 2. The topological polar surface area (TPSA) is 37.8 Å². The van der Waals surface area contributed by atoms with Crippen molar-refractivity contribution in [1.29, 1.82) is 0 Å². The first-order valence-corrected chi connectivity index (χ1v) is 6.52. The molecule has 0 saturated carbocycles. The van der Waals surface area contributed by atoms with Crippen molar-refractivity contribution >= 4 is 11.5 Å². The molecule has 2 aromatic carbocycles. The first-order chi connectivity index (χ1) is 9.81. The van der Waals surface area contributed by atoms with Gasteiger partial charge in [0.15, 0.2) is 0 Å². The molecule has 0 aliphatic rings. The van der Waals surface area contributed by atoms with Crippen molar-refractivity contribution in [2.24, 2.45) is 0 Å². The summed E-state index contributed by atoms with van der Waals surface area (Å²) in [6, 6.07) is 20.3. The van der Waals surface area contributed by atoms with Gasteiger partial charge in [-0.05, 0) is 19.1 Å². The third-order valence-corrected chi connectivity index (χ3v) is 3.06. The average Bonchev–Trinajstić information content (AvgIpc) is 2.51. The Morgan fingerprint density at radius 3 is 2.35 bits per heavy atom. The molecule has 0 fully saturated rings. The van der Waals surface area contributed by atoms with Gasteiger partial charge < -0.3 is 5.32 Å². The maximum atomic E-state index is 4.31. The zero-order chi connectivity index (χ0) is 13.8. The minimum Gasteiger partial charge on any atom is -0.340 e. The van der Waals surface area contributed by atoms with E-state index in [2.05, 4.69) is 34.3 Å². The normalized spacial score (nSPS) is 10.2. The van der Waals surface area contributed by atoms with Crippen LogP contribution in [-0.4, -0.2) is 9.97 Å². The van der Waals surface area contributed by atoms with Gasteiger partial charge in [0.2, 0.25) is 0 Å². The highest BCUT2D eigenvalue weighted by atomic mass is 15.0. The molecule has 98 valence electrons. The molecule has 0 saturated heterocycles. The summed E-state index contributed by atoms with van der Waals surface area (Å²) in [5.41, 5.74) is 4.26. The van der Waals surface area contributed by atoms with Crippen molar-refractivity contribution in [3.8, 4) is 11.3 Å². The first-order valence-electron chi connectivity index (χ1n) is 6.52. The predicted molar refractivity (Wildman–Crippen MR) is 81.9 cm³/mol. The quantitative estimate of drug-likeness (QED) is 0.768. The number of hydrogen-bond donors (Lipinski definition) is 1. The fourth-order valence-electron chi connectivity index (χ4n) is 1.98. The van der Waals surface area contributed by atoms with E-state index in [0.717, 1.165) is 22.8 Å². The van der Waals surface area contributed by atoms with Gasteiger partial charge in [-0.3, -0.25) is 0 Å². The number of rotatable bonds is 3. The van der Waals surface area contributed by atoms with Gasteiger partial charge in [0, 0.05) is 17.3 Å². The molecule has 0 radical (unpaired) electrons. The standard InChI is InChI=1S/C17H15N3/c1-13-7-9-15(10-8-13)20-17-11-16(18-12-19-17)14-5-3-2-4-6-14/h2-12H,1H3,(H,18,19,20). The number of nitrogens with zero attached hydrogens (tertiary/aromatic N) is 2. The van der Waals surface area contributed by atoms with Crippen molar-refractivity contribution in [3.63, 3.8) is 0 Å². The third-order valence-electron chi connectivity index (χ3n) is 3.06. The summed E-state index contributed by atoms with van der Waals surface area (Å²) in [6.07, 6.45) is 1.58. The smallest absolute Gasteiger partial charge is 0.134 e. The lowest BCUT2D eigenvalue weighted by Crippen LogP contribution is -1.95. The SMILES string of the molecule is Cc1ccc(Nc2cc(-c3ccccc3)ncn2)cc1. The van der Waals surface area contributed by atoms with Gasteiger partial charge in [0.1, 0.15) is 12.1 Å². The summed E-state index contributed by atoms with van der Waals surface area (Å²) in [4.78, 5) is 8.57. The van der Waals surface area contributed by atoms with E-state index >= 15 is 0 Å². The molecule has 1 heterocycles. The minimum absolute atomic E-state index is 0.794. The second-order valence-electron chi connectivity index (χ2n) is 4.65. The molecule has 1 aromatic heterocycles. The molecule has 3 heteroatoms. The van der Waals surface area contributed by atoms with E-state index in [1.165, 1.54) is 5.56 Å². The Kier molecular flexibility index (Phi) is 3.42. The number of benzene rings is 2. The number of aromatic nitrogens is 2. The molecule has 3 aromatic rings.